The van der Waals surface area contributed by atoms with Gasteiger partial charge in [0.1, 0.15) is 19.8 Å². The third kappa shape index (κ3) is 3.14. The van der Waals surface area contributed by atoms with Crippen LogP contribution in [0.5, 0.6) is 11.5 Å². The van der Waals surface area contributed by atoms with Gasteiger partial charge >= 0.3 is 0 Å². The Morgan fingerprint density at radius 1 is 1.03 bits per heavy atom. The van der Waals surface area contributed by atoms with E-state index in [1.807, 2.05) is 18.2 Å². The number of nitrogens with zero attached hydrogens (tertiary/aromatic N) is 2. The zero-order valence-corrected chi connectivity index (χ0v) is 16.3. The van der Waals surface area contributed by atoms with Crippen molar-refractivity contribution in [3.63, 3.8) is 0 Å². The second-order valence-corrected chi connectivity index (χ2v) is 7.53. The van der Waals surface area contributed by atoms with Gasteiger partial charge in [0.2, 0.25) is 5.91 Å². The van der Waals surface area contributed by atoms with Gasteiger partial charge in [-0.05, 0) is 42.7 Å². The van der Waals surface area contributed by atoms with Crippen molar-refractivity contribution >= 4 is 16.7 Å². The highest BCUT2D eigenvalue weighted by molar-refractivity contribution is 5.81. The number of aromatic amines is 1. The molecule has 154 valence electrons. The summed E-state index contributed by atoms with van der Waals surface area (Å²) in [7, 11) is 0. The van der Waals surface area contributed by atoms with Crippen molar-refractivity contribution in [2.24, 2.45) is 0 Å². The molecule has 1 aromatic heterocycles. The largest absolute Gasteiger partial charge is 0.486 e. The summed E-state index contributed by atoms with van der Waals surface area (Å²) in [6, 6.07) is 12.2. The van der Waals surface area contributed by atoms with Crippen LogP contribution in [0.4, 0.5) is 0 Å². The minimum Gasteiger partial charge on any atom is -0.486 e. The number of carbonyl (C=O) groups excluding carboxylic acids is 1. The predicted molar refractivity (Wildman–Crippen MR) is 110 cm³/mol. The summed E-state index contributed by atoms with van der Waals surface area (Å²) in [5.41, 5.74) is 0.209. The molecule has 1 atom stereocenters. The number of benzene rings is 2. The molecule has 2 aromatic carbocycles. The first-order valence-corrected chi connectivity index (χ1v) is 10.0. The number of amides is 1. The van der Waals surface area contributed by atoms with Gasteiger partial charge in [0.15, 0.2) is 11.5 Å². The van der Waals surface area contributed by atoms with Crippen molar-refractivity contribution in [2.75, 3.05) is 19.8 Å². The lowest BCUT2D eigenvalue weighted by Gasteiger charge is -2.27. The van der Waals surface area contributed by atoms with E-state index in [-0.39, 0.29) is 29.6 Å². The van der Waals surface area contributed by atoms with Crippen LogP contribution in [-0.4, -0.2) is 40.3 Å². The van der Waals surface area contributed by atoms with E-state index in [2.05, 4.69) is 5.10 Å². The maximum absolute atomic E-state index is 13.1. The quantitative estimate of drug-likeness (QED) is 0.715. The van der Waals surface area contributed by atoms with E-state index in [1.54, 1.807) is 29.2 Å². The zero-order valence-electron chi connectivity index (χ0n) is 16.3. The molecule has 8 nitrogen and oxygen atoms in total. The lowest BCUT2D eigenvalue weighted by molar-refractivity contribution is -0.133. The molecule has 1 unspecified atom stereocenters. The van der Waals surface area contributed by atoms with Crippen molar-refractivity contribution in [1.82, 2.24) is 14.7 Å². The first-order valence-electron chi connectivity index (χ1n) is 10.0. The Balaban J connectivity index is 1.42. The van der Waals surface area contributed by atoms with Gasteiger partial charge in [-0.15, -0.1) is 0 Å². The van der Waals surface area contributed by atoms with Crippen molar-refractivity contribution in [2.45, 2.75) is 25.4 Å². The minimum absolute atomic E-state index is 0.101. The highest BCUT2D eigenvalue weighted by atomic mass is 16.6. The van der Waals surface area contributed by atoms with E-state index < -0.39 is 0 Å². The molecular formula is C22H21N3O5. The average Bonchev–Trinajstić information content (AvgIpc) is 3.27. The van der Waals surface area contributed by atoms with Crippen molar-refractivity contribution in [1.29, 1.82) is 0 Å². The van der Waals surface area contributed by atoms with Crippen LogP contribution < -0.4 is 20.6 Å². The van der Waals surface area contributed by atoms with Gasteiger partial charge in [0.05, 0.1) is 16.8 Å². The maximum Gasteiger partial charge on any atom is 0.273 e. The van der Waals surface area contributed by atoms with E-state index in [9.17, 15) is 14.4 Å². The first-order chi connectivity index (χ1) is 14.6. The van der Waals surface area contributed by atoms with E-state index in [0.717, 1.165) is 23.1 Å². The Morgan fingerprint density at radius 3 is 2.63 bits per heavy atom. The minimum atomic E-state index is -0.386. The lowest BCUT2D eigenvalue weighted by Crippen LogP contribution is -2.39. The van der Waals surface area contributed by atoms with Crippen LogP contribution in [0.3, 0.4) is 0 Å². The smallest absolute Gasteiger partial charge is 0.273 e. The fourth-order valence-corrected chi connectivity index (χ4v) is 4.26. The van der Waals surface area contributed by atoms with Crippen LogP contribution in [0.2, 0.25) is 0 Å². The predicted octanol–water partition coefficient (Wildman–Crippen LogP) is 1.82. The van der Waals surface area contributed by atoms with Crippen molar-refractivity contribution in [3.8, 4) is 11.5 Å². The molecule has 0 aliphatic carbocycles. The Bertz CT molecular complexity index is 1250. The number of H-pyrrole nitrogens is 1. The summed E-state index contributed by atoms with van der Waals surface area (Å²) in [6.07, 6.45) is 1.70. The number of fused-ring (bicyclic) bond motifs is 2. The van der Waals surface area contributed by atoms with Gasteiger partial charge in [-0.2, -0.15) is 0 Å². The van der Waals surface area contributed by atoms with Crippen LogP contribution in [0.1, 0.15) is 24.4 Å². The second-order valence-electron chi connectivity index (χ2n) is 7.53. The number of likely N-dealkylation sites (tertiary alicyclic amines) is 1. The number of ether oxygens (including phenoxy) is 2. The Labute approximate surface area is 171 Å². The van der Waals surface area contributed by atoms with Crippen LogP contribution >= 0.6 is 0 Å². The molecule has 0 saturated carbocycles. The number of nitrogens with one attached hydrogen (secondary N) is 1. The average molecular weight is 407 g/mol. The Hall–Kier alpha value is -3.55. The highest BCUT2D eigenvalue weighted by Gasteiger charge is 2.31. The Morgan fingerprint density at radius 2 is 1.80 bits per heavy atom. The number of hydrogen-bond donors (Lipinski definition) is 1. The summed E-state index contributed by atoms with van der Waals surface area (Å²) in [5, 5.41) is 3.16. The molecule has 1 N–H and O–H groups in total. The number of carbonyl (C=O) groups is 1. The summed E-state index contributed by atoms with van der Waals surface area (Å²) in [6.45, 7) is 1.42. The standard InChI is InChI=1S/C22H21N3O5/c26-20(13-25-22(28)16-5-2-1-4-15(16)21(27)23-25)24-9-3-6-17(24)14-7-8-18-19(12-14)30-11-10-29-18/h1-2,4-5,7-8,12,17H,3,6,9-11,13H2,(H,23,27). The normalized spacial score (nSPS) is 18.0. The van der Waals surface area contributed by atoms with Crippen LogP contribution in [0.25, 0.3) is 10.8 Å². The molecule has 8 heteroatoms. The molecular weight excluding hydrogens is 386 g/mol. The molecule has 3 aromatic rings. The third-order valence-electron chi connectivity index (χ3n) is 5.70. The third-order valence-corrected chi connectivity index (χ3v) is 5.70. The maximum atomic E-state index is 13.1. The first kappa shape index (κ1) is 18.5. The van der Waals surface area contributed by atoms with Crippen LogP contribution in [0.15, 0.2) is 52.1 Å². The van der Waals surface area contributed by atoms with Gasteiger partial charge in [0, 0.05) is 6.54 Å². The van der Waals surface area contributed by atoms with Gasteiger partial charge < -0.3 is 14.4 Å². The molecule has 5 rings (SSSR count). The fraction of sp³-hybridized carbons (Fsp3) is 0.318. The Kier molecular flexibility index (Phi) is 4.54. The van der Waals surface area contributed by atoms with Crippen LogP contribution in [-0.2, 0) is 11.3 Å². The van der Waals surface area contributed by atoms with Gasteiger partial charge in [0.25, 0.3) is 11.1 Å². The number of hydrogen-bond acceptors (Lipinski definition) is 5. The van der Waals surface area contributed by atoms with E-state index >= 15 is 0 Å². The van der Waals surface area contributed by atoms with Crippen LogP contribution in [0, 0.1) is 0 Å². The van der Waals surface area contributed by atoms with Gasteiger partial charge in [-0.25, -0.2) is 4.68 Å². The molecule has 3 heterocycles. The molecule has 1 fully saturated rings. The summed E-state index contributed by atoms with van der Waals surface area (Å²) >= 11 is 0. The molecule has 0 radical (unpaired) electrons. The fourth-order valence-electron chi connectivity index (χ4n) is 4.26. The molecule has 0 spiro atoms. The second kappa shape index (κ2) is 7.37. The SMILES string of the molecule is O=C(Cn1[nH]c(=O)c2ccccc2c1=O)N1CCCC1c1ccc2c(c1)OCCO2. The molecule has 2 aliphatic rings. The highest BCUT2D eigenvalue weighted by Crippen LogP contribution is 2.38. The molecule has 30 heavy (non-hydrogen) atoms. The van der Waals surface area contributed by atoms with Crippen molar-refractivity contribution < 1.29 is 14.3 Å². The number of aromatic nitrogens is 2. The zero-order chi connectivity index (χ0) is 20.7. The van der Waals surface area contributed by atoms with E-state index in [0.29, 0.717) is 42.0 Å². The summed E-state index contributed by atoms with van der Waals surface area (Å²) < 4.78 is 12.4. The lowest BCUT2D eigenvalue weighted by atomic mass is 10.0. The topological polar surface area (TPSA) is 93.6 Å². The van der Waals surface area contributed by atoms with Crippen molar-refractivity contribution in [3.05, 3.63) is 68.7 Å². The van der Waals surface area contributed by atoms with Gasteiger partial charge in [-0.3, -0.25) is 19.5 Å². The van der Waals surface area contributed by atoms with E-state index in [4.69, 9.17) is 9.47 Å². The summed E-state index contributed by atoms with van der Waals surface area (Å²) in [5.74, 6) is 1.19. The molecule has 2 aliphatic heterocycles. The molecule has 1 amide bonds. The van der Waals surface area contributed by atoms with Gasteiger partial charge in [-0.1, -0.05) is 18.2 Å². The summed E-state index contributed by atoms with van der Waals surface area (Å²) in [4.78, 5) is 39.9. The van der Waals surface area contributed by atoms with E-state index in [1.165, 1.54) is 0 Å². The number of rotatable bonds is 3. The molecule has 0 bridgehead atoms. The monoisotopic (exact) mass is 407 g/mol. The molecule has 1 saturated heterocycles.